The molecule has 0 aliphatic heterocycles. The summed E-state index contributed by atoms with van der Waals surface area (Å²) in [5.41, 5.74) is 1.31. The van der Waals surface area contributed by atoms with Crippen molar-refractivity contribution in [3.63, 3.8) is 0 Å². The third-order valence-corrected chi connectivity index (χ3v) is 8.31. The molecule has 42 heavy (non-hydrogen) atoms. The van der Waals surface area contributed by atoms with Gasteiger partial charge in [0, 0.05) is 31.5 Å². The number of nitrogens with zero attached hydrogens (tertiary/aromatic N) is 2. The van der Waals surface area contributed by atoms with Crippen LogP contribution in [0.2, 0.25) is 10.0 Å². The second-order valence-electron chi connectivity index (χ2n) is 11.1. The maximum absolute atomic E-state index is 13.9. The molecule has 0 radical (unpaired) electrons. The summed E-state index contributed by atoms with van der Waals surface area (Å²) >= 11 is 12.4. The van der Waals surface area contributed by atoms with Gasteiger partial charge in [-0.05, 0) is 74.7 Å². The van der Waals surface area contributed by atoms with E-state index in [9.17, 15) is 22.4 Å². The van der Waals surface area contributed by atoms with Gasteiger partial charge in [-0.2, -0.15) is 0 Å². The molecule has 0 aromatic heterocycles. The molecule has 0 saturated carbocycles. The van der Waals surface area contributed by atoms with Gasteiger partial charge in [0.15, 0.2) is 0 Å². The predicted molar refractivity (Wildman–Crippen MR) is 167 cm³/mol. The van der Waals surface area contributed by atoms with E-state index in [1.807, 2.05) is 51.1 Å². The van der Waals surface area contributed by atoms with Gasteiger partial charge in [0.1, 0.15) is 11.9 Å². The van der Waals surface area contributed by atoms with E-state index < -0.39 is 27.4 Å². The molecular formula is C31H36Cl2FN3O4S. The van der Waals surface area contributed by atoms with E-state index in [-0.39, 0.29) is 44.2 Å². The SMILES string of the molecule is CC(C)(C)NC(=O)C(Cc1ccccc1)N(Cc1ccc(Cl)c(Cl)c1)C(=O)CCCN(c1ccc(F)cc1)S(C)(=O)=O. The molecule has 0 bridgehead atoms. The number of hydrogen-bond acceptors (Lipinski definition) is 4. The molecule has 1 N–H and O–H groups in total. The van der Waals surface area contributed by atoms with Crippen LogP contribution < -0.4 is 9.62 Å². The largest absolute Gasteiger partial charge is 0.350 e. The van der Waals surface area contributed by atoms with E-state index >= 15 is 0 Å². The zero-order valence-corrected chi connectivity index (χ0v) is 26.4. The summed E-state index contributed by atoms with van der Waals surface area (Å²) in [7, 11) is -3.70. The molecule has 7 nitrogen and oxygen atoms in total. The van der Waals surface area contributed by atoms with Crippen molar-refractivity contribution in [2.75, 3.05) is 17.1 Å². The van der Waals surface area contributed by atoms with Crippen LogP contribution in [0.4, 0.5) is 10.1 Å². The van der Waals surface area contributed by atoms with Gasteiger partial charge in [-0.1, -0.05) is 59.6 Å². The molecule has 2 amide bonds. The van der Waals surface area contributed by atoms with Crippen molar-refractivity contribution in [3.8, 4) is 0 Å². The smallest absolute Gasteiger partial charge is 0.243 e. The first kappa shape index (κ1) is 33.4. The lowest BCUT2D eigenvalue weighted by Gasteiger charge is -2.34. The van der Waals surface area contributed by atoms with Crippen LogP contribution in [0.15, 0.2) is 72.8 Å². The Labute approximate surface area is 257 Å². The molecule has 1 unspecified atom stereocenters. The predicted octanol–water partition coefficient (Wildman–Crippen LogP) is 6.23. The van der Waals surface area contributed by atoms with Crippen molar-refractivity contribution >= 4 is 50.7 Å². The molecule has 3 aromatic carbocycles. The van der Waals surface area contributed by atoms with Crippen LogP contribution in [-0.2, 0) is 32.6 Å². The van der Waals surface area contributed by atoms with Crippen LogP contribution in [0.1, 0.15) is 44.7 Å². The average molecular weight is 637 g/mol. The van der Waals surface area contributed by atoms with Gasteiger partial charge < -0.3 is 10.2 Å². The van der Waals surface area contributed by atoms with Gasteiger partial charge in [-0.3, -0.25) is 13.9 Å². The zero-order chi connectivity index (χ0) is 31.1. The second kappa shape index (κ2) is 14.4. The summed E-state index contributed by atoms with van der Waals surface area (Å²) in [5, 5.41) is 3.69. The molecule has 0 spiro atoms. The number of nitrogens with one attached hydrogen (secondary N) is 1. The molecule has 0 aliphatic rings. The molecule has 1 atom stereocenters. The van der Waals surface area contributed by atoms with E-state index in [0.717, 1.165) is 16.1 Å². The van der Waals surface area contributed by atoms with Crippen LogP contribution >= 0.6 is 23.2 Å². The van der Waals surface area contributed by atoms with Crippen molar-refractivity contribution in [1.29, 1.82) is 0 Å². The van der Waals surface area contributed by atoms with Gasteiger partial charge in [0.05, 0.1) is 22.0 Å². The Morgan fingerprint density at radius 1 is 0.929 bits per heavy atom. The van der Waals surface area contributed by atoms with E-state index in [4.69, 9.17) is 23.2 Å². The fourth-order valence-electron chi connectivity index (χ4n) is 4.45. The maximum Gasteiger partial charge on any atom is 0.243 e. The Kier molecular flexibility index (Phi) is 11.4. The molecule has 0 aliphatic carbocycles. The van der Waals surface area contributed by atoms with Gasteiger partial charge in [0.25, 0.3) is 0 Å². The first-order chi connectivity index (χ1) is 19.6. The summed E-state index contributed by atoms with van der Waals surface area (Å²) in [4.78, 5) is 29.1. The van der Waals surface area contributed by atoms with Crippen LogP contribution in [0.3, 0.4) is 0 Å². The number of carbonyl (C=O) groups excluding carboxylic acids is 2. The topological polar surface area (TPSA) is 86.8 Å². The minimum absolute atomic E-state index is 0.00560. The first-order valence-electron chi connectivity index (χ1n) is 13.5. The highest BCUT2D eigenvalue weighted by molar-refractivity contribution is 7.92. The first-order valence-corrected chi connectivity index (χ1v) is 16.1. The normalized spacial score (nSPS) is 12.5. The molecular weight excluding hydrogens is 600 g/mol. The zero-order valence-electron chi connectivity index (χ0n) is 24.1. The Balaban J connectivity index is 1.92. The number of halogens is 3. The molecule has 3 rings (SSSR count). The summed E-state index contributed by atoms with van der Waals surface area (Å²) < 4.78 is 39.6. The lowest BCUT2D eigenvalue weighted by molar-refractivity contribution is -0.142. The number of hydrogen-bond donors (Lipinski definition) is 1. The van der Waals surface area contributed by atoms with Crippen molar-refractivity contribution in [2.45, 2.75) is 58.2 Å². The van der Waals surface area contributed by atoms with Crippen LogP contribution in [-0.4, -0.2) is 49.5 Å². The number of benzene rings is 3. The van der Waals surface area contributed by atoms with Crippen molar-refractivity contribution in [3.05, 3.63) is 99.8 Å². The number of sulfonamides is 1. The molecule has 0 heterocycles. The van der Waals surface area contributed by atoms with Gasteiger partial charge >= 0.3 is 0 Å². The third kappa shape index (κ3) is 10.00. The van der Waals surface area contributed by atoms with E-state index in [1.165, 1.54) is 29.2 Å². The minimum Gasteiger partial charge on any atom is -0.350 e. The highest BCUT2D eigenvalue weighted by Crippen LogP contribution is 2.25. The Morgan fingerprint density at radius 2 is 1.57 bits per heavy atom. The summed E-state index contributed by atoms with van der Waals surface area (Å²) in [6.45, 7) is 5.67. The minimum atomic E-state index is -3.70. The monoisotopic (exact) mass is 635 g/mol. The molecule has 3 aromatic rings. The molecule has 226 valence electrons. The van der Waals surface area contributed by atoms with Crippen LogP contribution in [0.5, 0.6) is 0 Å². The molecule has 11 heteroatoms. The number of carbonyl (C=O) groups is 2. The quantitative estimate of drug-likeness (QED) is 0.255. The van der Waals surface area contributed by atoms with E-state index in [2.05, 4.69) is 5.32 Å². The van der Waals surface area contributed by atoms with Crippen molar-refractivity contribution < 1.29 is 22.4 Å². The number of amides is 2. The Hall–Kier alpha value is -3.14. The molecule has 0 saturated heterocycles. The van der Waals surface area contributed by atoms with Crippen molar-refractivity contribution in [1.82, 2.24) is 10.2 Å². The summed E-state index contributed by atoms with van der Waals surface area (Å²) in [6, 6.07) is 18.7. The Bertz CT molecular complexity index is 1480. The maximum atomic E-state index is 13.9. The fourth-order valence-corrected chi connectivity index (χ4v) is 5.74. The standard InChI is InChI=1S/C31H36Cl2FN3O4S/c1-31(2,3)35-30(39)28(20-22-9-6-5-7-10-22)36(21-23-12-17-26(32)27(33)19-23)29(38)11-8-18-37(42(4,40)41)25-15-13-24(34)14-16-25/h5-7,9-10,12-17,19,28H,8,11,18,20-21H2,1-4H3,(H,35,39). The number of rotatable bonds is 12. The van der Waals surface area contributed by atoms with E-state index in [1.54, 1.807) is 18.2 Å². The number of anilines is 1. The van der Waals surface area contributed by atoms with Crippen LogP contribution in [0.25, 0.3) is 0 Å². The average Bonchev–Trinajstić information content (AvgIpc) is 2.90. The van der Waals surface area contributed by atoms with Crippen molar-refractivity contribution in [2.24, 2.45) is 0 Å². The Morgan fingerprint density at radius 3 is 2.14 bits per heavy atom. The lowest BCUT2D eigenvalue weighted by atomic mass is 10.00. The van der Waals surface area contributed by atoms with Gasteiger partial charge in [0.2, 0.25) is 21.8 Å². The summed E-state index contributed by atoms with van der Waals surface area (Å²) in [5.74, 6) is -1.14. The highest BCUT2D eigenvalue weighted by atomic mass is 35.5. The van der Waals surface area contributed by atoms with Gasteiger partial charge in [-0.25, -0.2) is 12.8 Å². The lowest BCUT2D eigenvalue weighted by Crippen LogP contribution is -2.54. The molecule has 0 fully saturated rings. The van der Waals surface area contributed by atoms with E-state index in [0.29, 0.717) is 21.3 Å². The van der Waals surface area contributed by atoms with Crippen LogP contribution in [0, 0.1) is 5.82 Å². The highest BCUT2D eigenvalue weighted by Gasteiger charge is 2.32. The van der Waals surface area contributed by atoms with Gasteiger partial charge in [-0.15, -0.1) is 0 Å². The third-order valence-electron chi connectivity index (χ3n) is 6.37. The second-order valence-corrected chi connectivity index (χ2v) is 13.9. The summed E-state index contributed by atoms with van der Waals surface area (Å²) in [6.07, 6.45) is 1.45. The fraction of sp³-hybridized carbons (Fsp3) is 0.355.